The SMILES string of the molecule is COCC1(C(=O)NCC=C(C)C)CCNCC1. The predicted octanol–water partition coefficient (Wildman–Crippen LogP) is 1.08. The Morgan fingerprint density at radius 2 is 2.06 bits per heavy atom. The summed E-state index contributed by atoms with van der Waals surface area (Å²) in [6, 6.07) is 0. The van der Waals surface area contributed by atoms with Crippen molar-refractivity contribution in [2.45, 2.75) is 26.7 Å². The molecule has 0 aromatic heterocycles. The number of nitrogens with one attached hydrogen (secondary N) is 2. The second-order valence-corrected chi connectivity index (χ2v) is 4.95. The molecule has 0 aromatic carbocycles. The van der Waals surface area contributed by atoms with Crippen LogP contribution in [0.4, 0.5) is 0 Å². The van der Waals surface area contributed by atoms with Crippen molar-refractivity contribution in [2.24, 2.45) is 5.41 Å². The number of hydrogen-bond donors (Lipinski definition) is 2. The highest BCUT2D eigenvalue weighted by molar-refractivity contribution is 5.83. The number of allylic oxidation sites excluding steroid dienone is 1. The number of carbonyl (C=O) groups excluding carboxylic acids is 1. The highest BCUT2D eigenvalue weighted by Gasteiger charge is 2.39. The molecule has 1 heterocycles. The number of ether oxygens (including phenoxy) is 1. The molecule has 17 heavy (non-hydrogen) atoms. The zero-order chi connectivity index (χ0) is 12.7. The smallest absolute Gasteiger partial charge is 0.228 e. The fraction of sp³-hybridized carbons (Fsp3) is 0.769. The number of amides is 1. The van der Waals surface area contributed by atoms with Gasteiger partial charge in [0.15, 0.2) is 0 Å². The Bertz CT molecular complexity index is 272. The minimum Gasteiger partial charge on any atom is -0.384 e. The van der Waals surface area contributed by atoms with E-state index >= 15 is 0 Å². The van der Waals surface area contributed by atoms with Crippen molar-refractivity contribution in [3.8, 4) is 0 Å². The maximum absolute atomic E-state index is 12.2. The summed E-state index contributed by atoms with van der Waals surface area (Å²) in [4.78, 5) is 12.2. The van der Waals surface area contributed by atoms with Gasteiger partial charge >= 0.3 is 0 Å². The number of piperidine rings is 1. The molecule has 0 aromatic rings. The second kappa shape index (κ2) is 6.77. The van der Waals surface area contributed by atoms with Gasteiger partial charge in [0.25, 0.3) is 0 Å². The van der Waals surface area contributed by atoms with E-state index in [0.29, 0.717) is 13.2 Å². The first-order chi connectivity index (χ1) is 8.10. The summed E-state index contributed by atoms with van der Waals surface area (Å²) in [6.07, 6.45) is 3.72. The first-order valence-corrected chi connectivity index (χ1v) is 6.22. The third-order valence-corrected chi connectivity index (χ3v) is 3.24. The molecule has 4 heteroatoms. The summed E-state index contributed by atoms with van der Waals surface area (Å²) >= 11 is 0. The number of methoxy groups -OCH3 is 1. The Labute approximate surface area is 104 Å². The van der Waals surface area contributed by atoms with Crippen LogP contribution in [0.25, 0.3) is 0 Å². The van der Waals surface area contributed by atoms with Crippen LogP contribution in [0.5, 0.6) is 0 Å². The van der Waals surface area contributed by atoms with Crippen molar-refractivity contribution in [1.29, 1.82) is 0 Å². The van der Waals surface area contributed by atoms with E-state index in [4.69, 9.17) is 4.74 Å². The lowest BCUT2D eigenvalue weighted by Gasteiger charge is -2.35. The molecule has 1 amide bonds. The molecule has 4 nitrogen and oxygen atoms in total. The molecule has 0 atom stereocenters. The molecule has 1 aliphatic heterocycles. The Balaban J connectivity index is 2.57. The van der Waals surface area contributed by atoms with Gasteiger partial charge in [-0.15, -0.1) is 0 Å². The molecule has 1 rings (SSSR count). The van der Waals surface area contributed by atoms with Gasteiger partial charge in [-0.05, 0) is 39.8 Å². The lowest BCUT2D eigenvalue weighted by molar-refractivity contribution is -0.135. The Morgan fingerprint density at radius 1 is 1.41 bits per heavy atom. The lowest BCUT2D eigenvalue weighted by Crippen LogP contribution is -2.50. The molecule has 0 radical (unpaired) electrons. The number of rotatable bonds is 5. The largest absolute Gasteiger partial charge is 0.384 e. The Kier molecular flexibility index (Phi) is 5.65. The van der Waals surface area contributed by atoms with E-state index in [9.17, 15) is 4.79 Å². The average molecular weight is 240 g/mol. The van der Waals surface area contributed by atoms with E-state index in [1.807, 2.05) is 19.9 Å². The van der Waals surface area contributed by atoms with Crippen LogP contribution in [0.3, 0.4) is 0 Å². The van der Waals surface area contributed by atoms with Crippen LogP contribution < -0.4 is 10.6 Å². The minimum absolute atomic E-state index is 0.123. The number of hydrogen-bond acceptors (Lipinski definition) is 3. The van der Waals surface area contributed by atoms with Crippen LogP contribution in [0.1, 0.15) is 26.7 Å². The zero-order valence-electron chi connectivity index (χ0n) is 11.1. The van der Waals surface area contributed by atoms with Crippen LogP contribution in [0.15, 0.2) is 11.6 Å². The molecule has 1 saturated heterocycles. The maximum Gasteiger partial charge on any atom is 0.228 e. The van der Waals surface area contributed by atoms with Crippen LogP contribution >= 0.6 is 0 Å². The Hall–Kier alpha value is -0.870. The third-order valence-electron chi connectivity index (χ3n) is 3.24. The van der Waals surface area contributed by atoms with Gasteiger partial charge in [-0.2, -0.15) is 0 Å². The van der Waals surface area contributed by atoms with E-state index in [2.05, 4.69) is 10.6 Å². The summed E-state index contributed by atoms with van der Waals surface area (Å²) in [7, 11) is 1.66. The van der Waals surface area contributed by atoms with Gasteiger partial charge in [0, 0.05) is 13.7 Å². The van der Waals surface area contributed by atoms with Crippen LogP contribution in [-0.4, -0.2) is 39.3 Å². The molecular formula is C13H24N2O2. The first-order valence-electron chi connectivity index (χ1n) is 6.22. The van der Waals surface area contributed by atoms with E-state index < -0.39 is 0 Å². The molecule has 0 saturated carbocycles. The number of carbonyl (C=O) groups is 1. The minimum atomic E-state index is -0.338. The highest BCUT2D eigenvalue weighted by Crippen LogP contribution is 2.29. The van der Waals surface area contributed by atoms with E-state index in [0.717, 1.165) is 25.9 Å². The van der Waals surface area contributed by atoms with Gasteiger partial charge in [0.05, 0.1) is 12.0 Å². The van der Waals surface area contributed by atoms with E-state index in [1.165, 1.54) is 5.57 Å². The van der Waals surface area contributed by atoms with Gasteiger partial charge in [-0.3, -0.25) is 4.79 Å². The van der Waals surface area contributed by atoms with Crippen molar-refractivity contribution >= 4 is 5.91 Å². The normalized spacial score (nSPS) is 18.5. The van der Waals surface area contributed by atoms with Gasteiger partial charge in [0.1, 0.15) is 0 Å². The molecule has 1 fully saturated rings. The molecule has 98 valence electrons. The van der Waals surface area contributed by atoms with Crippen molar-refractivity contribution in [2.75, 3.05) is 33.4 Å². The fourth-order valence-corrected chi connectivity index (χ4v) is 2.15. The van der Waals surface area contributed by atoms with Crippen molar-refractivity contribution in [3.63, 3.8) is 0 Å². The quantitative estimate of drug-likeness (QED) is 0.707. The zero-order valence-corrected chi connectivity index (χ0v) is 11.1. The fourth-order valence-electron chi connectivity index (χ4n) is 2.15. The summed E-state index contributed by atoms with van der Waals surface area (Å²) in [5.41, 5.74) is 0.881. The Morgan fingerprint density at radius 3 is 2.59 bits per heavy atom. The van der Waals surface area contributed by atoms with E-state index in [-0.39, 0.29) is 11.3 Å². The van der Waals surface area contributed by atoms with Gasteiger partial charge in [-0.1, -0.05) is 11.6 Å². The van der Waals surface area contributed by atoms with Gasteiger partial charge in [0.2, 0.25) is 5.91 Å². The maximum atomic E-state index is 12.2. The molecule has 0 spiro atoms. The summed E-state index contributed by atoms with van der Waals surface area (Å²) in [5, 5.41) is 6.27. The van der Waals surface area contributed by atoms with Crippen molar-refractivity contribution in [3.05, 3.63) is 11.6 Å². The topological polar surface area (TPSA) is 50.4 Å². The van der Waals surface area contributed by atoms with Crippen molar-refractivity contribution in [1.82, 2.24) is 10.6 Å². The first kappa shape index (κ1) is 14.2. The summed E-state index contributed by atoms with van der Waals surface area (Å²) in [5.74, 6) is 0.123. The molecule has 0 unspecified atom stereocenters. The monoisotopic (exact) mass is 240 g/mol. The predicted molar refractivity (Wildman–Crippen MR) is 68.9 cm³/mol. The third kappa shape index (κ3) is 4.13. The molecule has 1 aliphatic rings. The summed E-state index contributed by atoms with van der Waals surface area (Å²) < 4.78 is 5.23. The van der Waals surface area contributed by atoms with Crippen LogP contribution in [-0.2, 0) is 9.53 Å². The average Bonchev–Trinajstić information content (AvgIpc) is 2.30. The lowest BCUT2D eigenvalue weighted by atomic mass is 9.78. The molecule has 0 aliphatic carbocycles. The van der Waals surface area contributed by atoms with Crippen LogP contribution in [0, 0.1) is 5.41 Å². The summed E-state index contributed by atoms with van der Waals surface area (Å²) in [6.45, 7) is 6.96. The molecule has 0 bridgehead atoms. The van der Waals surface area contributed by atoms with Gasteiger partial charge in [-0.25, -0.2) is 0 Å². The standard InChI is InChI=1S/C13H24N2O2/c1-11(2)4-7-15-12(16)13(10-17-3)5-8-14-9-6-13/h4,14H,5-10H2,1-3H3,(H,15,16). The second-order valence-electron chi connectivity index (χ2n) is 4.95. The highest BCUT2D eigenvalue weighted by atomic mass is 16.5. The molecular weight excluding hydrogens is 216 g/mol. The van der Waals surface area contributed by atoms with Gasteiger partial charge < -0.3 is 15.4 Å². The van der Waals surface area contributed by atoms with Crippen LogP contribution in [0.2, 0.25) is 0 Å². The van der Waals surface area contributed by atoms with Crippen molar-refractivity contribution < 1.29 is 9.53 Å². The molecule has 2 N–H and O–H groups in total. The van der Waals surface area contributed by atoms with E-state index in [1.54, 1.807) is 7.11 Å².